The lowest BCUT2D eigenvalue weighted by atomic mass is 10.2. The lowest BCUT2D eigenvalue weighted by Crippen LogP contribution is -2.32. The van der Waals surface area contributed by atoms with Gasteiger partial charge in [-0.3, -0.25) is 18.7 Å². The van der Waals surface area contributed by atoms with Gasteiger partial charge in [-0.15, -0.1) is 0 Å². The molecule has 10 heteroatoms. The van der Waals surface area contributed by atoms with Crippen LogP contribution in [-0.4, -0.2) is 37.0 Å². The summed E-state index contributed by atoms with van der Waals surface area (Å²) < 4.78 is 17.4. The third-order valence-corrected chi connectivity index (χ3v) is 5.06. The molecule has 0 spiro atoms. The number of anilines is 2. The van der Waals surface area contributed by atoms with Crippen LogP contribution in [0, 0.1) is 16.3 Å². The number of aliphatic hydroxyl groups is 2. The molecule has 0 aliphatic carbocycles. The molecule has 2 aromatic heterocycles. The van der Waals surface area contributed by atoms with Gasteiger partial charge < -0.3 is 15.5 Å². The fourth-order valence-corrected chi connectivity index (χ4v) is 3.34. The average Bonchev–Trinajstić information content (AvgIpc) is 2.66. The molecule has 0 bridgehead atoms. The highest BCUT2D eigenvalue weighted by Gasteiger charge is 2.19. The first-order chi connectivity index (χ1) is 13.2. The fourth-order valence-electron chi connectivity index (χ4n) is 2.89. The van der Waals surface area contributed by atoms with Crippen LogP contribution in [-0.2, 0) is 13.6 Å². The molecule has 0 fully saturated rings. The zero-order chi connectivity index (χ0) is 20.6. The van der Waals surface area contributed by atoms with Gasteiger partial charge in [-0.25, -0.2) is 9.37 Å². The summed E-state index contributed by atoms with van der Waals surface area (Å²) in [6, 6.07) is 4.53. The SMILES string of the molecule is Cc1c(=O)n(C)c(Nc2ccc(I)cc2F)c2c(=O)n(CC(O)CO)cnc12. The lowest BCUT2D eigenvalue weighted by Gasteiger charge is -2.17. The summed E-state index contributed by atoms with van der Waals surface area (Å²) in [7, 11) is 1.47. The van der Waals surface area contributed by atoms with E-state index in [-0.39, 0.29) is 40.1 Å². The van der Waals surface area contributed by atoms with Gasteiger partial charge in [-0.2, -0.15) is 0 Å². The smallest absolute Gasteiger partial charge is 0.264 e. The Hall–Kier alpha value is -2.31. The van der Waals surface area contributed by atoms with Crippen LogP contribution >= 0.6 is 22.6 Å². The molecule has 1 unspecified atom stereocenters. The van der Waals surface area contributed by atoms with Gasteiger partial charge in [0.2, 0.25) is 0 Å². The monoisotopic (exact) mass is 500 g/mol. The Balaban J connectivity index is 2.29. The number of aliphatic hydroxyl groups excluding tert-OH is 2. The van der Waals surface area contributed by atoms with E-state index >= 15 is 0 Å². The lowest BCUT2D eigenvalue weighted by molar-refractivity contribution is 0.0802. The summed E-state index contributed by atoms with van der Waals surface area (Å²) in [5, 5.41) is 21.6. The number of pyridine rings is 1. The van der Waals surface area contributed by atoms with Crippen molar-refractivity contribution in [3.05, 3.63) is 60.2 Å². The predicted octanol–water partition coefficient (Wildman–Crippen LogP) is 1.24. The maximum Gasteiger partial charge on any atom is 0.264 e. The zero-order valence-electron chi connectivity index (χ0n) is 15.1. The number of aryl methyl sites for hydroxylation is 1. The van der Waals surface area contributed by atoms with E-state index in [0.717, 1.165) is 4.57 Å². The molecule has 0 saturated carbocycles. The first-order valence-corrected chi connectivity index (χ1v) is 9.42. The molecule has 1 atom stereocenters. The Labute approximate surface area is 172 Å². The summed E-state index contributed by atoms with van der Waals surface area (Å²) in [5.41, 5.74) is -0.328. The minimum Gasteiger partial charge on any atom is -0.394 e. The number of halogens is 2. The van der Waals surface area contributed by atoms with Gasteiger partial charge in [0.25, 0.3) is 11.1 Å². The van der Waals surface area contributed by atoms with E-state index in [1.807, 2.05) is 22.6 Å². The molecule has 0 saturated heterocycles. The van der Waals surface area contributed by atoms with Crippen LogP contribution in [0.1, 0.15) is 5.56 Å². The molecule has 0 amide bonds. The topological polar surface area (TPSA) is 109 Å². The number of aromatic nitrogens is 3. The van der Waals surface area contributed by atoms with Crippen LogP contribution in [0.4, 0.5) is 15.9 Å². The number of nitrogens with one attached hydrogen (secondary N) is 1. The van der Waals surface area contributed by atoms with Crippen molar-refractivity contribution in [1.29, 1.82) is 0 Å². The summed E-state index contributed by atoms with van der Waals surface area (Å²) in [6.07, 6.45) is 0.0706. The van der Waals surface area contributed by atoms with Crippen LogP contribution in [0.25, 0.3) is 10.9 Å². The minimum absolute atomic E-state index is 0.0881. The molecule has 148 valence electrons. The molecule has 3 rings (SSSR count). The Morgan fingerprint density at radius 2 is 2.04 bits per heavy atom. The maximum absolute atomic E-state index is 14.3. The first kappa shape index (κ1) is 20.4. The van der Waals surface area contributed by atoms with Crippen molar-refractivity contribution in [3.63, 3.8) is 0 Å². The molecule has 0 radical (unpaired) electrons. The van der Waals surface area contributed by atoms with Crippen LogP contribution < -0.4 is 16.4 Å². The van der Waals surface area contributed by atoms with Crippen molar-refractivity contribution in [1.82, 2.24) is 14.1 Å². The zero-order valence-corrected chi connectivity index (χ0v) is 17.3. The van der Waals surface area contributed by atoms with Crippen molar-refractivity contribution >= 4 is 45.0 Å². The fraction of sp³-hybridized carbons (Fsp3) is 0.278. The molecule has 28 heavy (non-hydrogen) atoms. The summed E-state index contributed by atoms with van der Waals surface area (Å²) in [4.78, 5) is 29.8. The van der Waals surface area contributed by atoms with E-state index in [4.69, 9.17) is 5.11 Å². The van der Waals surface area contributed by atoms with Crippen molar-refractivity contribution in [2.24, 2.45) is 7.05 Å². The second-order valence-electron chi connectivity index (χ2n) is 6.35. The second kappa shape index (κ2) is 7.97. The minimum atomic E-state index is -1.14. The van der Waals surface area contributed by atoms with Gasteiger partial charge in [0, 0.05) is 16.2 Å². The number of benzene rings is 1. The van der Waals surface area contributed by atoms with Gasteiger partial charge in [0.15, 0.2) is 0 Å². The number of hydrogen-bond donors (Lipinski definition) is 3. The molecule has 0 aliphatic heterocycles. The highest BCUT2D eigenvalue weighted by molar-refractivity contribution is 14.1. The molecule has 3 N–H and O–H groups in total. The quantitative estimate of drug-likeness (QED) is 0.455. The molecule has 1 aromatic carbocycles. The van der Waals surface area contributed by atoms with E-state index in [2.05, 4.69) is 10.3 Å². The third-order valence-electron chi connectivity index (χ3n) is 4.39. The first-order valence-electron chi connectivity index (χ1n) is 8.34. The van der Waals surface area contributed by atoms with Crippen LogP contribution in [0.15, 0.2) is 34.1 Å². The second-order valence-corrected chi connectivity index (χ2v) is 7.59. The number of rotatable bonds is 5. The van der Waals surface area contributed by atoms with Crippen LogP contribution in [0.5, 0.6) is 0 Å². The molecule has 3 aromatic rings. The standard InChI is InChI=1S/C18H18FIN4O4/c1-9-15-14(18(28)24(8-21-15)6-11(26)7-25)16(23(2)17(9)27)22-13-4-3-10(20)5-12(13)19/h3-5,8,11,22,25-26H,6-7H2,1-2H3. The van der Waals surface area contributed by atoms with Gasteiger partial charge in [-0.05, 0) is 47.7 Å². The van der Waals surface area contributed by atoms with E-state index in [9.17, 15) is 19.1 Å². The Kier molecular flexibility index (Phi) is 5.82. The van der Waals surface area contributed by atoms with Crippen molar-refractivity contribution < 1.29 is 14.6 Å². The summed E-state index contributed by atoms with van der Waals surface area (Å²) in [6.45, 7) is 0.868. The number of hydrogen-bond acceptors (Lipinski definition) is 6. The van der Waals surface area contributed by atoms with Crippen molar-refractivity contribution in [2.45, 2.75) is 19.6 Å². The largest absolute Gasteiger partial charge is 0.394 e. The highest BCUT2D eigenvalue weighted by atomic mass is 127. The van der Waals surface area contributed by atoms with E-state index in [1.54, 1.807) is 13.0 Å². The van der Waals surface area contributed by atoms with Gasteiger partial charge in [-0.1, -0.05) is 0 Å². The molecule has 8 nitrogen and oxygen atoms in total. The normalized spacial score (nSPS) is 12.4. The van der Waals surface area contributed by atoms with E-state index < -0.39 is 24.1 Å². The van der Waals surface area contributed by atoms with Gasteiger partial charge in [0.05, 0.1) is 36.8 Å². The molecule has 0 aliphatic rings. The van der Waals surface area contributed by atoms with Crippen LogP contribution in [0.2, 0.25) is 0 Å². The number of nitrogens with zero attached hydrogens (tertiary/aromatic N) is 3. The maximum atomic E-state index is 14.3. The molecular formula is C18H18FIN4O4. The molecular weight excluding hydrogens is 482 g/mol. The van der Waals surface area contributed by atoms with Crippen LogP contribution in [0.3, 0.4) is 0 Å². The Bertz CT molecular complexity index is 1170. The molecule has 2 heterocycles. The predicted molar refractivity (Wildman–Crippen MR) is 111 cm³/mol. The van der Waals surface area contributed by atoms with Gasteiger partial charge >= 0.3 is 0 Å². The highest BCUT2D eigenvalue weighted by Crippen LogP contribution is 2.25. The summed E-state index contributed by atoms with van der Waals surface area (Å²) in [5.74, 6) is -0.441. The van der Waals surface area contributed by atoms with Crippen molar-refractivity contribution in [2.75, 3.05) is 11.9 Å². The Morgan fingerprint density at radius 1 is 1.32 bits per heavy atom. The van der Waals surface area contributed by atoms with E-state index in [1.165, 1.54) is 30.1 Å². The van der Waals surface area contributed by atoms with Gasteiger partial charge in [0.1, 0.15) is 17.0 Å². The number of fused-ring (bicyclic) bond motifs is 1. The Morgan fingerprint density at radius 3 is 2.68 bits per heavy atom. The van der Waals surface area contributed by atoms with Crippen molar-refractivity contribution in [3.8, 4) is 0 Å². The average molecular weight is 500 g/mol. The third kappa shape index (κ3) is 3.66. The summed E-state index contributed by atoms with van der Waals surface area (Å²) >= 11 is 1.98. The van der Waals surface area contributed by atoms with E-state index in [0.29, 0.717) is 3.57 Å².